The van der Waals surface area contributed by atoms with Crippen molar-refractivity contribution in [1.29, 1.82) is 0 Å². The molecular weight excluding hydrogens is 248 g/mol. The van der Waals surface area contributed by atoms with Crippen molar-refractivity contribution in [3.05, 3.63) is 46.8 Å². The summed E-state index contributed by atoms with van der Waals surface area (Å²) in [4.78, 5) is 8.92. The van der Waals surface area contributed by atoms with Crippen molar-refractivity contribution in [1.82, 2.24) is 9.97 Å². The Morgan fingerprint density at radius 2 is 1.70 bits per heavy atom. The van der Waals surface area contributed by atoms with Gasteiger partial charge in [0.15, 0.2) is 0 Å². The summed E-state index contributed by atoms with van der Waals surface area (Å²) >= 11 is 0. The highest BCUT2D eigenvalue weighted by molar-refractivity contribution is 5.57. The number of rotatable bonds is 5. The number of hydrogen-bond acceptors (Lipinski definition) is 4. The van der Waals surface area contributed by atoms with Crippen LogP contribution in [0.2, 0.25) is 0 Å². The summed E-state index contributed by atoms with van der Waals surface area (Å²) in [5.41, 5.74) is 3.59. The first-order valence-corrected chi connectivity index (χ1v) is 6.98. The number of anilines is 2. The maximum Gasteiger partial charge on any atom is 0.135 e. The molecule has 4 nitrogen and oxygen atoms in total. The minimum Gasteiger partial charge on any atom is -0.370 e. The van der Waals surface area contributed by atoms with Gasteiger partial charge in [0, 0.05) is 18.7 Å². The van der Waals surface area contributed by atoms with E-state index in [4.69, 9.17) is 0 Å². The molecule has 0 atom stereocenters. The second-order valence-electron chi connectivity index (χ2n) is 4.97. The lowest BCUT2D eigenvalue weighted by Crippen LogP contribution is -2.10. The van der Waals surface area contributed by atoms with Crippen LogP contribution < -0.4 is 10.6 Å². The number of aryl methyl sites for hydroxylation is 2. The second-order valence-corrected chi connectivity index (χ2v) is 4.97. The van der Waals surface area contributed by atoms with Gasteiger partial charge in [0.2, 0.25) is 0 Å². The minimum atomic E-state index is 0.768. The highest BCUT2D eigenvalue weighted by Gasteiger charge is 2.08. The molecule has 1 aromatic carbocycles. The van der Waals surface area contributed by atoms with E-state index in [1.54, 1.807) is 0 Å². The first kappa shape index (κ1) is 14.3. The molecule has 2 aromatic rings. The second kappa shape index (κ2) is 6.37. The van der Waals surface area contributed by atoms with Crippen LogP contribution in [0.4, 0.5) is 11.6 Å². The smallest absolute Gasteiger partial charge is 0.135 e. The number of nitrogens with zero attached hydrogens (tertiary/aromatic N) is 2. The van der Waals surface area contributed by atoms with E-state index >= 15 is 0 Å². The molecule has 1 heterocycles. The van der Waals surface area contributed by atoms with E-state index in [-0.39, 0.29) is 0 Å². The quantitative estimate of drug-likeness (QED) is 0.873. The normalized spacial score (nSPS) is 10.4. The van der Waals surface area contributed by atoms with Crippen molar-refractivity contribution in [3.8, 4) is 0 Å². The average molecular weight is 270 g/mol. The van der Waals surface area contributed by atoms with E-state index < -0.39 is 0 Å². The number of hydrogen-bond donors (Lipinski definition) is 2. The maximum atomic E-state index is 4.49. The zero-order valence-corrected chi connectivity index (χ0v) is 12.6. The molecule has 4 heteroatoms. The SMILES string of the molecule is CCNc1nc(C)nc(NCc2cccc(C)c2)c1C. The third-order valence-electron chi connectivity index (χ3n) is 3.14. The molecule has 2 N–H and O–H groups in total. The zero-order valence-electron chi connectivity index (χ0n) is 12.6. The highest BCUT2D eigenvalue weighted by atomic mass is 15.1. The fraction of sp³-hybridized carbons (Fsp3) is 0.375. The van der Waals surface area contributed by atoms with E-state index in [0.29, 0.717) is 0 Å². The van der Waals surface area contributed by atoms with Crippen molar-refractivity contribution in [2.24, 2.45) is 0 Å². The molecule has 0 radical (unpaired) electrons. The fourth-order valence-electron chi connectivity index (χ4n) is 2.15. The molecule has 20 heavy (non-hydrogen) atoms. The zero-order chi connectivity index (χ0) is 14.5. The van der Waals surface area contributed by atoms with Crippen molar-refractivity contribution >= 4 is 11.6 Å². The lowest BCUT2D eigenvalue weighted by atomic mass is 10.1. The highest BCUT2D eigenvalue weighted by Crippen LogP contribution is 2.20. The van der Waals surface area contributed by atoms with Crippen LogP contribution in [0.3, 0.4) is 0 Å². The van der Waals surface area contributed by atoms with Gasteiger partial charge in [-0.15, -0.1) is 0 Å². The Balaban J connectivity index is 2.16. The van der Waals surface area contributed by atoms with Crippen LogP contribution in [0.5, 0.6) is 0 Å². The standard InChI is InChI=1S/C16H22N4/c1-5-17-15-12(3)16(20-13(4)19-15)18-10-14-8-6-7-11(2)9-14/h6-9H,5,10H2,1-4H3,(H2,17,18,19,20). The Bertz CT molecular complexity index is 593. The maximum absolute atomic E-state index is 4.49. The number of aromatic nitrogens is 2. The molecule has 0 aliphatic heterocycles. The lowest BCUT2D eigenvalue weighted by Gasteiger charge is -2.13. The Labute approximate surface area is 120 Å². The molecular formula is C16H22N4. The number of benzene rings is 1. The van der Waals surface area contributed by atoms with Gasteiger partial charge in [0.1, 0.15) is 17.5 Å². The van der Waals surface area contributed by atoms with Gasteiger partial charge in [0.25, 0.3) is 0 Å². The van der Waals surface area contributed by atoms with Crippen molar-refractivity contribution in [2.75, 3.05) is 17.2 Å². The molecule has 0 unspecified atom stereocenters. The molecule has 0 saturated carbocycles. The Morgan fingerprint density at radius 1 is 1.00 bits per heavy atom. The molecule has 0 amide bonds. The fourth-order valence-corrected chi connectivity index (χ4v) is 2.15. The van der Waals surface area contributed by atoms with Gasteiger partial charge >= 0.3 is 0 Å². The van der Waals surface area contributed by atoms with Gasteiger partial charge in [-0.25, -0.2) is 9.97 Å². The summed E-state index contributed by atoms with van der Waals surface area (Å²) in [6.07, 6.45) is 0. The van der Waals surface area contributed by atoms with Gasteiger partial charge in [-0.1, -0.05) is 29.8 Å². The average Bonchev–Trinajstić information content (AvgIpc) is 2.41. The molecule has 0 fully saturated rings. The van der Waals surface area contributed by atoms with Gasteiger partial charge < -0.3 is 10.6 Å². The van der Waals surface area contributed by atoms with Crippen molar-refractivity contribution in [2.45, 2.75) is 34.2 Å². The first-order valence-electron chi connectivity index (χ1n) is 6.98. The molecule has 106 valence electrons. The van der Waals surface area contributed by atoms with Gasteiger partial charge in [-0.3, -0.25) is 0 Å². The van der Waals surface area contributed by atoms with E-state index in [1.807, 2.05) is 13.8 Å². The van der Waals surface area contributed by atoms with Crippen LogP contribution >= 0.6 is 0 Å². The Kier molecular flexibility index (Phi) is 4.56. The molecule has 2 rings (SSSR count). The van der Waals surface area contributed by atoms with Crippen LogP contribution in [0.1, 0.15) is 29.4 Å². The minimum absolute atomic E-state index is 0.768. The molecule has 0 aliphatic carbocycles. The Hall–Kier alpha value is -2.10. The first-order chi connectivity index (χ1) is 9.60. The van der Waals surface area contributed by atoms with Gasteiger partial charge in [-0.05, 0) is 33.3 Å². The van der Waals surface area contributed by atoms with Gasteiger partial charge in [-0.2, -0.15) is 0 Å². The molecule has 0 bridgehead atoms. The van der Waals surface area contributed by atoms with E-state index in [0.717, 1.165) is 36.1 Å². The molecule has 0 spiro atoms. The lowest BCUT2D eigenvalue weighted by molar-refractivity contribution is 0.992. The topological polar surface area (TPSA) is 49.8 Å². The predicted octanol–water partition coefficient (Wildman–Crippen LogP) is 3.45. The third-order valence-corrected chi connectivity index (χ3v) is 3.14. The summed E-state index contributed by atoms with van der Waals surface area (Å²) < 4.78 is 0. The van der Waals surface area contributed by atoms with Crippen LogP contribution in [0.25, 0.3) is 0 Å². The van der Waals surface area contributed by atoms with E-state index in [1.165, 1.54) is 11.1 Å². The summed E-state index contributed by atoms with van der Waals surface area (Å²) in [5.74, 6) is 2.58. The van der Waals surface area contributed by atoms with Crippen LogP contribution in [-0.2, 0) is 6.54 Å². The largest absolute Gasteiger partial charge is 0.370 e. The van der Waals surface area contributed by atoms with E-state index in [2.05, 4.69) is 58.7 Å². The Morgan fingerprint density at radius 3 is 2.35 bits per heavy atom. The van der Waals surface area contributed by atoms with Crippen LogP contribution in [0.15, 0.2) is 24.3 Å². The third kappa shape index (κ3) is 3.47. The van der Waals surface area contributed by atoms with Crippen LogP contribution in [-0.4, -0.2) is 16.5 Å². The summed E-state index contributed by atoms with van der Waals surface area (Å²) in [6, 6.07) is 8.48. The summed E-state index contributed by atoms with van der Waals surface area (Å²) in [6.45, 7) is 9.75. The molecule has 0 aliphatic rings. The van der Waals surface area contributed by atoms with Gasteiger partial charge in [0.05, 0.1) is 0 Å². The predicted molar refractivity (Wildman–Crippen MR) is 84.2 cm³/mol. The van der Waals surface area contributed by atoms with Crippen molar-refractivity contribution < 1.29 is 0 Å². The molecule has 1 aromatic heterocycles. The monoisotopic (exact) mass is 270 g/mol. The van der Waals surface area contributed by atoms with E-state index in [9.17, 15) is 0 Å². The molecule has 0 saturated heterocycles. The summed E-state index contributed by atoms with van der Waals surface area (Å²) in [7, 11) is 0. The number of nitrogens with one attached hydrogen (secondary N) is 2. The summed E-state index contributed by atoms with van der Waals surface area (Å²) in [5, 5.41) is 6.68. The van der Waals surface area contributed by atoms with Crippen molar-refractivity contribution in [3.63, 3.8) is 0 Å². The van der Waals surface area contributed by atoms with Crippen LogP contribution in [0, 0.1) is 20.8 Å².